The van der Waals surface area contributed by atoms with Crippen LogP contribution in [-0.4, -0.2) is 17.1 Å². The number of fused-ring (bicyclic) bond motifs is 1. The Morgan fingerprint density at radius 2 is 2.20 bits per heavy atom. The van der Waals surface area contributed by atoms with Crippen LogP contribution in [0.15, 0.2) is 38.9 Å². The number of benzene rings is 1. The first-order valence-corrected chi connectivity index (χ1v) is 7.62. The van der Waals surface area contributed by atoms with Gasteiger partial charge < -0.3 is 9.72 Å². The Bertz CT molecular complexity index is 825. The predicted octanol–water partition coefficient (Wildman–Crippen LogP) is 3.56. The van der Waals surface area contributed by atoms with Crippen LogP contribution in [0.25, 0.3) is 21.5 Å². The van der Waals surface area contributed by atoms with Gasteiger partial charge in [-0.25, -0.2) is 4.98 Å². The molecule has 0 aliphatic heterocycles. The van der Waals surface area contributed by atoms with Crippen molar-refractivity contribution in [1.29, 1.82) is 0 Å². The first-order chi connectivity index (χ1) is 9.70. The Hall–Kier alpha value is -1.50. The number of nitrogens with one attached hydrogen (secondary N) is 1. The maximum Gasteiger partial charge on any atom is 0.265 e. The van der Waals surface area contributed by atoms with Gasteiger partial charge in [0.05, 0.1) is 12.3 Å². The first-order valence-electron chi connectivity index (χ1n) is 5.95. The van der Waals surface area contributed by atoms with E-state index < -0.39 is 0 Å². The molecule has 0 fully saturated rings. The average Bonchev–Trinajstić information content (AvgIpc) is 2.88. The summed E-state index contributed by atoms with van der Waals surface area (Å²) in [5, 5.41) is 3.10. The molecule has 102 valence electrons. The molecule has 0 saturated carbocycles. The van der Waals surface area contributed by atoms with Crippen LogP contribution >= 0.6 is 27.3 Å². The molecule has 0 atom stereocenters. The van der Waals surface area contributed by atoms with Crippen LogP contribution in [0.3, 0.4) is 0 Å². The average molecular weight is 351 g/mol. The monoisotopic (exact) mass is 350 g/mol. The molecule has 20 heavy (non-hydrogen) atoms. The lowest BCUT2D eigenvalue weighted by atomic mass is 10.1. The van der Waals surface area contributed by atoms with Crippen molar-refractivity contribution in [3.05, 3.63) is 50.2 Å². The fourth-order valence-electron chi connectivity index (χ4n) is 2.03. The van der Waals surface area contributed by atoms with Gasteiger partial charge in [0, 0.05) is 28.1 Å². The topological polar surface area (TPSA) is 55.0 Å². The van der Waals surface area contributed by atoms with Crippen molar-refractivity contribution in [3.63, 3.8) is 0 Å². The number of nitrogens with zero attached hydrogens (tertiary/aromatic N) is 1. The lowest BCUT2D eigenvalue weighted by molar-refractivity contribution is 0.180. The van der Waals surface area contributed by atoms with Crippen LogP contribution in [0.2, 0.25) is 0 Å². The van der Waals surface area contributed by atoms with Crippen LogP contribution in [0.4, 0.5) is 0 Å². The molecule has 0 amide bonds. The highest BCUT2D eigenvalue weighted by Crippen LogP contribution is 2.31. The van der Waals surface area contributed by atoms with Gasteiger partial charge in [0.25, 0.3) is 5.56 Å². The zero-order valence-electron chi connectivity index (χ0n) is 10.6. The van der Waals surface area contributed by atoms with Gasteiger partial charge in [-0.1, -0.05) is 18.2 Å². The lowest BCUT2D eigenvalue weighted by Gasteiger charge is -2.05. The summed E-state index contributed by atoms with van der Waals surface area (Å²) in [4.78, 5) is 19.3. The second kappa shape index (κ2) is 5.47. The highest BCUT2D eigenvalue weighted by molar-refractivity contribution is 9.10. The number of rotatable bonds is 3. The standard InChI is InChI=1S/C14H11BrN2O2S/c1-19-6-10-12(15)14(18)17-13(16-10)9-7-20-11-5-3-2-4-8(9)11/h2-5,7H,6H2,1H3,(H,16,17,18). The molecular weight excluding hydrogens is 340 g/mol. The third-order valence-electron chi connectivity index (χ3n) is 2.95. The van der Waals surface area contributed by atoms with Crippen molar-refractivity contribution >= 4 is 37.4 Å². The Morgan fingerprint density at radius 1 is 1.40 bits per heavy atom. The summed E-state index contributed by atoms with van der Waals surface area (Å²) >= 11 is 4.88. The van der Waals surface area contributed by atoms with Gasteiger partial charge in [0.1, 0.15) is 10.3 Å². The molecule has 1 aromatic carbocycles. The summed E-state index contributed by atoms with van der Waals surface area (Å²) in [5.74, 6) is 0.572. The van der Waals surface area contributed by atoms with Gasteiger partial charge >= 0.3 is 0 Å². The first kappa shape index (κ1) is 13.5. The summed E-state index contributed by atoms with van der Waals surface area (Å²) in [6, 6.07) is 8.05. The van der Waals surface area contributed by atoms with E-state index in [1.54, 1.807) is 18.4 Å². The minimum atomic E-state index is -0.197. The number of hydrogen-bond acceptors (Lipinski definition) is 4. The molecule has 6 heteroatoms. The second-order valence-corrected chi connectivity index (χ2v) is 5.96. The number of aromatic amines is 1. The van der Waals surface area contributed by atoms with E-state index in [9.17, 15) is 4.79 Å². The van der Waals surface area contributed by atoms with Crippen LogP contribution in [-0.2, 0) is 11.3 Å². The summed E-state index contributed by atoms with van der Waals surface area (Å²) in [6.45, 7) is 0.291. The van der Waals surface area contributed by atoms with Crippen LogP contribution in [0.5, 0.6) is 0 Å². The molecule has 0 aliphatic rings. The van der Waals surface area contributed by atoms with E-state index >= 15 is 0 Å². The zero-order chi connectivity index (χ0) is 14.1. The van der Waals surface area contributed by atoms with E-state index in [0.717, 1.165) is 10.9 Å². The largest absolute Gasteiger partial charge is 0.378 e. The van der Waals surface area contributed by atoms with E-state index in [1.807, 2.05) is 23.6 Å². The van der Waals surface area contributed by atoms with Gasteiger partial charge in [-0.2, -0.15) is 0 Å². The molecular formula is C14H11BrN2O2S. The number of halogens is 1. The third-order valence-corrected chi connectivity index (χ3v) is 4.73. The molecule has 0 bridgehead atoms. The molecule has 3 aromatic rings. The van der Waals surface area contributed by atoms with Crippen molar-refractivity contribution in [3.8, 4) is 11.4 Å². The highest BCUT2D eigenvalue weighted by atomic mass is 79.9. The van der Waals surface area contributed by atoms with E-state index in [2.05, 4.69) is 32.0 Å². The van der Waals surface area contributed by atoms with Crippen LogP contribution in [0, 0.1) is 0 Å². The molecule has 0 spiro atoms. The van der Waals surface area contributed by atoms with E-state index in [0.29, 0.717) is 22.6 Å². The predicted molar refractivity (Wildman–Crippen MR) is 84.1 cm³/mol. The molecule has 2 heterocycles. The van der Waals surface area contributed by atoms with Gasteiger partial charge in [0.15, 0.2) is 0 Å². The zero-order valence-corrected chi connectivity index (χ0v) is 13.0. The number of methoxy groups -OCH3 is 1. The Balaban J connectivity index is 2.22. The minimum absolute atomic E-state index is 0.197. The smallest absolute Gasteiger partial charge is 0.265 e. The van der Waals surface area contributed by atoms with Crippen LogP contribution in [0.1, 0.15) is 5.69 Å². The molecule has 2 aromatic heterocycles. The van der Waals surface area contributed by atoms with E-state index in [-0.39, 0.29) is 5.56 Å². The quantitative estimate of drug-likeness (QED) is 0.785. The maximum absolute atomic E-state index is 12.0. The Morgan fingerprint density at radius 3 is 3.00 bits per heavy atom. The number of ether oxygens (including phenoxy) is 1. The van der Waals surface area contributed by atoms with E-state index in [4.69, 9.17) is 4.74 Å². The summed E-state index contributed by atoms with van der Waals surface area (Å²) in [6.07, 6.45) is 0. The van der Waals surface area contributed by atoms with Crippen molar-refractivity contribution in [2.24, 2.45) is 0 Å². The fourth-order valence-corrected chi connectivity index (χ4v) is 3.27. The highest BCUT2D eigenvalue weighted by Gasteiger charge is 2.13. The molecule has 4 nitrogen and oxygen atoms in total. The molecule has 0 unspecified atom stereocenters. The van der Waals surface area contributed by atoms with E-state index in [1.165, 1.54) is 4.70 Å². The summed E-state index contributed by atoms with van der Waals surface area (Å²) < 4.78 is 6.67. The Kier molecular flexibility index (Phi) is 3.69. The van der Waals surface area contributed by atoms with Crippen LogP contribution < -0.4 is 5.56 Å². The van der Waals surface area contributed by atoms with Crippen molar-refractivity contribution in [2.45, 2.75) is 6.61 Å². The molecule has 0 saturated heterocycles. The lowest BCUT2D eigenvalue weighted by Crippen LogP contribution is -2.14. The second-order valence-electron chi connectivity index (χ2n) is 4.25. The van der Waals surface area contributed by atoms with Gasteiger partial charge in [0.2, 0.25) is 0 Å². The summed E-state index contributed by atoms with van der Waals surface area (Å²) in [5.41, 5.74) is 1.34. The van der Waals surface area contributed by atoms with Crippen molar-refractivity contribution in [2.75, 3.05) is 7.11 Å². The molecule has 3 rings (SSSR count). The Labute approximate surface area is 127 Å². The van der Waals surface area contributed by atoms with Gasteiger partial charge in [-0.15, -0.1) is 11.3 Å². The van der Waals surface area contributed by atoms with Gasteiger partial charge in [-0.05, 0) is 22.0 Å². The van der Waals surface area contributed by atoms with Gasteiger partial charge in [-0.3, -0.25) is 4.79 Å². The van der Waals surface area contributed by atoms with Crippen molar-refractivity contribution in [1.82, 2.24) is 9.97 Å². The normalized spacial score (nSPS) is 11.1. The number of hydrogen-bond donors (Lipinski definition) is 1. The fraction of sp³-hybridized carbons (Fsp3) is 0.143. The minimum Gasteiger partial charge on any atom is -0.378 e. The maximum atomic E-state index is 12.0. The number of aromatic nitrogens is 2. The van der Waals surface area contributed by atoms with Crippen molar-refractivity contribution < 1.29 is 4.74 Å². The third kappa shape index (κ3) is 2.30. The molecule has 0 radical (unpaired) electrons. The summed E-state index contributed by atoms with van der Waals surface area (Å²) in [7, 11) is 1.58. The molecule has 0 aliphatic carbocycles. The number of thiophene rings is 1. The molecule has 1 N–H and O–H groups in total. The SMILES string of the molecule is COCc1nc(-c2csc3ccccc23)[nH]c(=O)c1Br. The number of H-pyrrole nitrogens is 1.